The van der Waals surface area contributed by atoms with Gasteiger partial charge in [-0.2, -0.15) is 9.78 Å². The lowest BCUT2D eigenvalue weighted by molar-refractivity contribution is -0.137. The number of benzene rings is 2. The van der Waals surface area contributed by atoms with Gasteiger partial charge in [-0.05, 0) is 37.5 Å². The average Bonchev–Trinajstić information content (AvgIpc) is 3.22. The third kappa shape index (κ3) is 6.45. The highest BCUT2D eigenvalue weighted by molar-refractivity contribution is 5.93. The van der Waals surface area contributed by atoms with E-state index in [2.05, 4.69) is 10.4 Å². The van der Waals surface area contributed by atoms with Gasteiger partial charge < -0.3 is 20.3 Å². The van der Waals surface area contributed by atoms with Gasteiger partial charge in [-0.15, -0.1) is 0 Å². The van der Waals surface area contributed by atoms with Gasteiger partial charge in [-0.25, -0.2) is 4.39 Å². The van der Waals surface area contributed by atoms with Crippen LogP contribution in [0, 0.1) is 18.7 Å². The van der Waals surface area contributed by atoms with E-state index >= 15 is 0 Å². The Balaban J connectivity index is 1.94. The molecular formula is C26H30FN3O5. The highest BCUT2D eigenvalue weighted by atomic mass is 19.1. The molecule has 9 heteroatoms. The van der Waals surface area contributed by atoms with E-state index in [0.29, 0.717) is 5.56 Å². The fourth-order valence-corrected chi connectivity index (χ4v) is 3.22. The molecule has 3 rings (SSSR count). The number of carboxylic acid groups (broad SMARTS) is 1. The predicted molar refractivity (Wildman–Crippen MR) is 128 cm³/mol. The normalized spacial score (nSPS) is 13.8. The minimum absolute atomic E-state index is 0.0614. The maximum Gasteiger partial charge on any atom is 0.305 e. The van der Waals surface area contributed by atoms with Crippen molar-refractivity contribution in [2.24, 2.45) is 5.92 Å². The zero-order valence-electron chi connectivity index (χ0n) is 20.2. The van der Waals surface area contributed by atoms with E-state index in [9.17, 15) is 24.2 Å². The zero-order valence-corrected chi connectivity index (χ0v) is 20.2. The molecule has 2 aromatic carbocycles. The van der Waals surface area contributed by atoms with Crippen molar-refractivity contribution in [1.82, 2.24) is 15.1 Å². The summed E-state index contributed by atoms with van der Waals surface area (Å²) in [5.41, 5.74) is 0.424. The van der Waals surface area contributed by atoms with Crippen molar-refractivity contribution >= 4 is 11.9 Å². The van der Waals surface area contributed by atoms with Crippen LogP contribution in [0.3, 0.4) is 0 Å². The maximum atomic E-state index is 14.5. The molecular weight excluding hydrogens is 453 g/mol. The summed E-state index contributed by atoms with van der Waals surface area (Å²) >= 11 is 0. The Bertz CT molecular complexity index is 1190. The van der Waals surface area contributed by atoms with Crippen LogP contribution in [0.25, 0.3) is 5.69 Å². The van der Waals surface area contributed by atoms with Crippen LogP contribution in [0.5, 0.6) is 5.88 Å². The SMILES string of the molecule is Cc1ccc([C@H](CC(=O)O)NC(=O)c2cc(OC[C@](C)(O)C(C)C)n(-c3ccccc3F)n2)cc1. The molecule has 0 bridgehead atoms. The Morgan fingerprint density at radius 1 is 1.17 bits per heavy atom. The number of carbonyl (C=O) groups excluding carboxylic acids is 1. The predicted octanol–water partition coefficient (Wildman–Crippen LogP) is 4.05. The Morgan fingerprint density at radius 2 is 1.83 bits per heavy atom. The van der Waals surface area contributed by atoms with Gasteiger partial charge in [0.25, 0.3) is 5.91 Å². The highest BCUT2D eigenvalue weighted by Crippen LogP contribution is 2.25. The van der Waals surface area contributed by atoms with Crippen LogP contribution in [-0.4, -0.2) is 44.1 Å². The number of nitrogens with one attached hydrogen (secondary N) is 1. The molecule has 0 radical (unpaired) electrons. The molecule has 0 aliphatic rings. The smallest absolute Gasteiger partial charge is 0.305 e. The Labute approximate surface area is 203 Å². The van der Waals surface area contributed by atoms with E-state index in [-0.39, 0.29) is 36.2 Å². The summed E-state index contributed by atoms with van der Waals surface area (Å²) in [5.74, 6) is -2.36. The lowest BCUT2D eigenvalue weighted by Gasteiger charge is -2.27. The van der Waals surface area contributed by atoms with E-state index in [1.807, 2.05) is 32.9 Å². The first-order valence-corrected chi connectivity index (χ1v) is 11.3. The summed E-state index contributed by atoms with van der Waals surface area (Å²) in [5, 5.41) is 26.9. The molecule has 35 heavy (non-hydrogen) atoms. The van der Waals surface area contributed by atoms with Gasteiger partial charge in [0, 0.05) is 6.07 Å². The molecule has 1 heterocycles. The number of carboxylic acids is 1. The van der Waals surface area contributed by atoms with Gasteiger partial charge in [0.2, 0.25) is 5.88 Å². The summed E-state index contributed by atoms with van der Waals surface area (Å²) in [7, 11) is 0. The van der Waals surface area contributed by atoms with Crippen molar-refractivity contribution in [3.05, 3.63) is 77.2 Å². The molecule has 186 valence electrons. The number of aliphatic carboxylic acids is 1. The molecule has 0 aliphatic carbocycles. The van der Waals surface area contributed by atoms with Gasteiger partial charge in [0.05, 0.1) is 18.1 Å². The van der Waals surface area contributed by atoms with Crippen LogP contribution >= 0.6 is 0 Å². The molecule has 2 atom stereocenters. The third-order valence-electron chi connectivity index (χ3n) is 5.91. The molecule has 0 fully saturated rings. The second kappa shape index (κ2) is 10.7. The number of hydrogen-bond acceptors (Lipinski definition) is 5. The van der Waals surface area contributed by atoms with Crippen molar-refractivity contribution in [3.8, 4) is 11.6 Å². The number of nitrogens with zero attached hydrogens (tertiary/aromatic N) is 2. The third-order valence-corrected chi connectivity index (χ3v) is 5.91. The summed E-state index contributed by atoms with van der Waals surface area (Å²) in [4.78, 5) is 24.5. The topological polar surface area (TPSA) is 114 Å². The second-order valence-corrected chi connectivity index (χ2v) is 9.07. The van der Waals surface area contributed by atoms with Gasteiger partial charge >= 0.3 is 5.97 Å². The molecule has 0 aliphatic heterocycles. The van der Waals surface area contributed by atoms with Crippen LogP contribution < -0.4 is 10.1 Å². The maximum absolute atomic E-state index is 14.5. The fourth-order valence-electron chi connectivity index (χ4n) is 3.22. The average molecular weight is 484 g/mol. The van der Waals surface area contributed by atoms with Crippen LogP contribution in [0.15, 0.2) is 54.6 Å². The molecule has 8 nitrogen and oxygen atoms in total. The molecule has 3 aromatic rings. The van der Waals surface area contributed by atoms with E-state index < -0.39 is 29.3 Å². The van der Waals surface area contributed by atoms with Crippen molar-refractivity contribution in [3.63, 3.8) is 0 Å². The number of aryl methyl sites for hydroxylation is 1. The van der Waals surface area contributed by atoms with Crippen molar-refractivity contribution in [2.45, 2.75) is 45.8 Å². The van der Waals surface area contributed by atoms with Gasteiger partial charge in [-0.3, -0.25) is 9.59 Å². The van der Waals surface area contributed by atoms with Gasteiger partial charge in [0.15, 0.2) is 5.69 Å². The van der Waals surface area contributed by atoms with Gasteiger partial charge in [-0.1, -0.05) is 55.8 Å². The fraction of sp³-hybridized carbons (Fsp3) is 0.346. The first kappa shape index (κ1) is 25.9. The number of aliphatic hydroxyl groups is 1. The first-order valence-electron chi connectivity index (χ1n) is 11.3. The van der Waals surface area contributed by atoms with Crippen LogP contribution in [0.4, 0.5) is 4.39 Å². The van der Waals surface area contributed by atoms with Crippen molar-refractivity contribution in [1.29, 1.82) is 0 Å². The van der Waals surface area contributed by atoms with Crippen molar-refractivity contribution in [2.75, 3.05) is 6.61 Å². The number of aromatic nitrogens is 2. The standard InChI is InChI=1S/C26H30FN3O5/c1-16(2)26(4,34)15-35-23-13-21(29-30(23)22-8-6-5-7-19(22)27)25(33)28-20(14-24(31)32)18-11-9-17(3)10-12-18/h5-13,16,20,34H,14-15H2,1-4H3,(H,28,33)(H,31,32)/t20-,26-/m0/s1. The Hall–Kier alpha value is -3.72. The monoisotopic (exact) mass is 483 g/mol. The molecule has 3 N–H and O–H groups in total. The zero-order chi connectivity index (χ0) is 25.8. The molecule has 0 saturated heterocycles. The second-order valence-electron chi connectivity index (χ2n) is 9.07. The van der Waals surface area contributed by atoms with E-state index in [4.69, 9.17) is 4.74 Å². The van der Waals surface area contributed by atoms with Crippen molar-refractivity contribution < 1.29 is 28.9 Å². The lowest BCUT2D eigenvalue weighted by Crippen LogP contribution is -2.38. The van der Waals surface area contributed by atoms with Crippen LogP contribution in [0.2, 0.25) is 0 Å². The Morgan fingerprint density at radius 3 is 2.43 bits per heavy atom. The van der Waals surface area contributed by atoms with E-state index in [1.54, 1.807) is 25.1 Å². The highest BCUT2D eigenvalue weighted by Gasteiger charge is 2.28. The molecule has 0 spiro atoms. The number of ether oxygens (including phenoxy) is 1. The molecule has 0 saturated carbocycles. The minimum Gasteiger partial charge on any atom is -0.481 e. The minimum atomic E-state index is -1.18. The first-order chi connectivity index (χ1) is 16.5. The summed E-state index contributed by atoms with van der Waals surface area (Å²) in [6.07, 6.45) is -0.330. The number of rotatable bonds is 10. The summed E-state index contributed by atoms with van der Waals surface area (Å²) < 4.78 is 21.5. The van der Waals surface area contributed by atoms with E-state index in [0.717, 1.165) is 10.2 Å². The number of carbonyl (C=O) groups is 2. The van der Waals surface area contributed by atoms with Crippen LogP contribution in [-0.2, 0) is 4.79 Å². The summed E-state index contributed by atoms with van der Waals surface area (Å²) in [6.45, 7) is 7.08. The lowest BCUT2D eigenvalue weighted by atomic mass is 9.94. The largest absolute Gasteiger partial charge is 0.481 e. The number of para-hydroxylation sites is 1. The molecule has 1 aromatic heterocycles. The van der Waals surface area contributed by atoms with Crippen LogP contribution in [0.1, 0.15) is 54.8 Å². The quantitative estimate of drug-likeness (QED) is 0.401. The summed E-state index contributed by atoms with van der Waals surface area (Å²) in [6, 6.07) is 13.6. The molecule has 0 unspecified atom stereocenters. The number of halogens is 1. The number of hydrogen-bond donors (Lipinski definition) is 3. The molecule has 1 amide bonds. The Kier molecular flexibility index (Phi) is 7.91. The number of amides is 1. The van der Waals surface area contributed by atoms with Gasteiger partial charge in [0.1, 0.15) is 18.1 Å². The van der Waals surface area contributed by atoms with E-state index in [1.165, 1.54) is 24.3 Å².